The predicted octanol–water partition coefficient (Wildman–Crippen LogP) is 4.36. The number of para-hydroxylation sites is 1. The zero-order chi connectivity index (χ0) is 16.5. The molecule has 0 aliphatic carbocycles. The molecular weight excluding hydrogens is 300 g/mol. The van der Waals surface area contributed by atoms with Crippen LogP contribution in [0.25, 0.3) is 0 Å². The van der Waals surface area contributed by atoms with Gasteiger partial charge in [0.25, 0.3) is 0 Å². The average molecular weight is 322 g/mol. The van der Waals surface area contributed by atoms with Crippen LogP contribution in [0.2, 0.25) is 0 Å². The molecule has 0 spiro atoms. The van der Waals surface area contributed by atoms with Gasteiger partial charge in [0.05, 0.1) is 18.9 Å². The highest BCUT2D eigenvalue weighted by Crippen LogP contribution is 2.43. The minimum atomic E-state index is 0.0191. The molecule has 2 aliphatic rings. The van der Waals surface area contributed by atoms with Gasteiger partial charge in [-0.1, -0.05) is 31.5 Å². The largest absolute Gasteiger partial charge is 0.497 e. The van der Waals surface area contributed by atoms with E-state index in [9.17, 15) is 0 Å². The molecule has 0 aromatic heterocycles. The molecule has 24 heavy (non-hydrogen) atoms. The van der Waals surface area contributed by atoms with E-state index >= 15 is 0 Å². The molecule has 2 atom stereocenters. The third kappa shape index (κ3) is 2.52. The Bertz CT molecular complexity index is 754. The molecule has 4 rings (SSSR count). The molecule has 2 aromatic carbocycles. The topological polar surface area (TPSA) is 34.1 Å². The van der Waals surface area contributed by atoms with Crippen LogP contribution in [0.4, 0.5) is 0 Å². The van der Waals surface area contributed by atoms with Gasteiger partial charge >= 0.3 is 0 Å². The molecule has 4 heteroatoms. The van der Waals surface area contributed by atoms with E-state index in [1.165, 1.54) is 5.56 Å². The Morgan fingerprint density at radius 1 is 1.17 bits per heavy atom. The molecule has 0 bridgehead atoms. The first-order chi connectivity index (χ1) is 11.8. The molecule has 0 fully saturated rings. The molecule has 0 radical (unpaired) electrons. The van der Waals surface area contributed by atoms with Crippen molar-refractivity contribution in [1.29, 1.82) is 0 Å². The van der Waals surface area contributed by atoms with Crippen LogP contribution in [0.3, 0.4) is 0 Å². The van der Waals surface area contributed by atoms with E-state index in [0.29, 0.717) is 0 Å². The highest BCUT2D eigenvalue weighted by molar-refractivity contribution is 6.02. The van der Waals surface area contributed by atoms with Gasteiger partial charge in [0, 0.05) is 18.4 Å². The molecule has 2 aromatic rings. The molecule has 2 aliphatic heterocycles. The van der Waals surface area contributed by atoms with E-state index in [0.717, 1.165) is 42.0 Å². The van der Waals surface area contributed by atoms with Gasteiger partial charge in [-0.25, -0.2) is 0 Å². The van der Waals surface area contributed by atoms with Crippen LogP contribution in [0, 0.1) is 0 Å². The second-order valence-corrected chi connectivity index (χ2v) is 6.27. The SMILES string of the molecule is CCC[C@@H]1Oc2ccccc2[C@H]2CC(c3ccc(OC)cc3)=NN12. The number of hydrazone groups is 1. The highest BCUT2D eigenvalue weighted by Gasteiger charge is 2.39. The van der Waals surface area contributed by atoms with Gasteiger partial charge in [-0.15, -0.1) is 0 Å². The second kappa shape index (κ2) is 6.19. The van der Waals surface area contributed by atoms with Crippen molar-refractivity contribution in [2.75, 3.05) is 7.11 Å². The number of methoxy groups -OCH3 is 1. The van der Waals surface area contributed by atoms with Crippen molar-refractivity contribution in [1.82, 2.24) is 5.01 Å². The van der Waals surface area contributed by atoms with Gasteiger partial charge in [0.1, 0.15) is 11.5 Å². The van der Waals surface area contributed by atoms with E-state index in [4.69, 9.17) is 14.6 Å². The van der Waals surface area contributed by atoms with Gasteiger partial charge < -0.3 is 9.47 Å². The van der Waals surface area contributed by atoms with E-state index in [1.54, 1.807) is 7.11 Å². The third-order valence-electron chi connectivity index (χ3n) is 4.74. The number of hydrogen-bond donors (Lipinski definition) is 0. The fraction of sp³-hybridized carbons (Fsp3) is 0.350. The molecule has 0 unspecified atom stereocenters. The Morgan fingerprint density at radius 3 is 2.71 bits per heavy atom. The van der Waals surface area contributed by atoms with Gasteiger partial charge in [-0.3, -0.25) is 5.01 Å². The summed E-state index contributed by atoms with van der Waals surface area (Å²) >= 11 is 0. The maximum Gasteiger partial charge on any atom is 0.187 e. The van der Waals surface area contributed by atoms with Crippen LogP contribution < -0.4 is 9.47 Å². The molecule has 0 saturated heterocycles. The molecule has 0 saturated carbocycles. The smallest absolute Gasteiger partial charge is 0.187 e. The number of fused-ring (bicyclic) bond motifs is 3. The van der Waals surface area contributed by atoms with Crippen LogP contribution >= 0.6 is 0 Å². The maximum absolute atomic E-state index is 6.21. The number of hydrogen-bond acceptors (Lipinski definition) is 4. The molecule has 124 valence electrons. The second-order valence-electron chi connectivity index (χ2n) is 6.27. The molecule has 2 heterocycles. The van der Waals surface area contributed by atoms with Crippen LogP contribution in [0.1, 0.15) is 43.4 Å². The lowest BCUT2D eigenvalue weighted by atomic mass is 9.96. The Labute approximate surface area is 142 Å². The average Bonchev–Trinajstić information content (AvgIpc) is 3.08. The summed E-state index contributed by atoms with van der Waals surface area (Å²) in [5.74, 6) is 1.87. The number of benzene rings is 2. The van der Waals surface area contributed by atoms with E-state index < -0.39 is 0 Å². The lowest BCUT2D eigenvalue weighted by molar-refractivity contribution is -0.0223. The van der Waals surface area contributed by atoms with Gasteiger partial charge in [0.2, 0.25) is 0 Å². The Hall–Kier alpha value is -2.49. The molecule has 0 N–H and O–H groups in total. The number of nitrogens with zero attached hydrogens (tertiary/aromatic N) is 2. The zero-order valence-corrected chi connectivity index (χ0v) is 14.1. The molecule has 0 amide bonds. The Morgan fingerprint density at radius 2 is 1.96 bits per heavy atom. The van der Waals surface area contributed by atoms with Crippen LogP contribution in [0.5, 0.6) is 11.5 Å². The van der Waals surface area contributed by atoms with Crippen molar-refractivity contribution < 1.29 is 9.47 Å². The quantitative estimate of drug-likeness (QED) is 0.838. The predicted molar refractivity (Wildman–Crippen MR) is 94.5 cm³/mol. The zero-order valence-electron chi connectivity index (χ0n) is 14.1. The van der Waals surface area contributed by atoms with Crippen molar-refractivity contribution in [3.8, 4) is 11.5 Å². The lowest BCUT2D eigenvalue weighted by Crippen LogP contribution is -2.40. The summed E-state index contributed by atoms with van der Waals surface area (Å²) in [6.45, 7) is 2.18. The summed E-state index contributed by atoms with van der Waals surface area (Å²) in [5, 5.41) is 7.08. The van der Waals surface area contributed by atoms with E-state index in [2.05, 4.69) is 42.3 Å². The summed E-state index contributed by atoms with van der Waals surface area (Å²) in [4.78, 5) is 0. The Balaban J connectivity index is 1.68. The lowest BCUT2D eigenvalue weighted by Gasteiger charge is -2.38. The molecule has 4 nitrogen and oxygen atoms in total. The van der Waals surface area contributed by atoms with Crippen molar-refractivity contribution in [2.24, 2.45) is 5.10 Å². The van der Waals surface area contributed by atoms with Crippen molar-refractivity contribution in [3.05, 3.63) is 59.7 Å². The van der Waals surface area contributed by atoms with E-state index in [-0.39, 0.29) is 12.3 Å². The standard InChI is InChI=1S/C20H22N2O2/c1-3-6-20-22-18(16-7-4-5-8-19(16)24-20)13-17(21-22)14-9-11-15(23-2)12-10-14/h4-5,7-12,18,20H,3,6,13H2,1-2H3/t18-,20+/m1/s1. The first-order valence-electron chi connectivity index (χ1n) is 8.56. The summed E-state index contributed by atoms with van der Waals surface area (Å²) in [7, 11) is 1.69. The van der Waals surface area contributed by atoms with Crippen molar-refractivity contribution in [3.63, 3.8) is 0 Å². The van der Waals surface area contributed by atoms with Crippen LogP contribution in [-0.4, -0.2) is 24.1 Å². The Kier molecular flexibility index (Phi) is 3.89. The summed E-state index contributed by atoms with van der Waals surface area (Å²) in [6, 6.07) is 16.7. The van der Waals surface area contributed by atoms with Gasteiger partial charge in [0.15, 0.2) is 6.23 Å². The van der Waals surface area contributed by atoms with Crippen LogP contribution in [-0.2, 0) is 0 Å². The fourth-order valence-corrected chi connectivity index (χ4v) is 3.50. The normalized spacial score (nSPS) is 21.6. The number of ether oxygens (including phenoxy) is 2. The summed E-state index contributed by atoms with van der Waals surface area (Å²) in [6.07, 6.45) is 2.98. The maximum atomic E-state index is 6.21. The fourth-order valence-electron chi connectivity index (χ4n) is 3.50. The summed E-state index contributed by atoms with van der Waals surface area (Å²) < 4.78 is 11.5. The minimum Gasteiger partial charge on any atom is -0.497 e. The first kappa shape index (κ1) is 15.1. The first-order valence-corrected chi connectivity index (χ1v) is 8.56. The van der Waals surface area contributed by atoms with Gasteiger partial charge in [-0.05, 0) is 35.9 Å². The third-order valence-corrected chi connectivity index (χ3v) is 4.74. The monoisotopic (exact) mass is 322 g/mol. The minimum absolute atomic E-state index is 0.0191. The number of rotatable bonds is 4. The van der Waals surface area contributed by atoms with Crippen LogP contribution in [0.15, 0.2) is 53.6 Å². The van der Waals surface area contributed by atoms with E-state index in [1.807, 2.05) is 18.2 Å². The van der Waals surface area contributed by atoms with Gasteiger partial charge in [-0.2, -0.15) is 5.10 Å². The molecular formula is C20H22N2O2. The highest BCUT2D eigenvalue weighted by atomic mass is 16.5. The van der Waals surface area contributed by atoms with Crippen molar-refractivity contribution in [2.45, 2.75) is 38.5 Å². The summed E-state index contributed by atoms with van der Waals surface area (Å²) in [5.41, 5.74) is 3.50. The van der Waals surface area contributed by atoms with Crippen molar-refractivity contribution >= 4 is 5.71 Å².